The number of halogens is 3. The molecule has 4 heteroatoms. The van der Waals surface area contributed by atoms with E-state index in [1.54, 1.807) is 24.3 Å². The largest absolute Gasteiger partial charge is 0.388 e. The standard InChI is InChI=1S/C13H15ClF2O/c14-11-3-1-2-10(8-11)12(17)9-4-6-13(15,16)7-5-9/h1-3,8-9,12,17H,4-7H2. The van der Waals surface area contributed by atoms with Gasteiger partial charge in [-0.1, -0.05) is 23.7 Å². The predicted octanol–water partition coefficient (Wildman–Crippen LogP) is 4.20. The summed E-state index contributed by atoms with van der Waals surface area (Å²) in [5.74, 6) is -2.64. The van der Waals surface area contributed by atoms with E-state index in [-0.39, 0.29) is 18.8 Å². The lowest BCUT2D eigenvalue weighted by Crippen LogP contribution is -2.27. The van der Waals surface area contributed by atoms with E-state index in [0.29, 0.717) is 23.4 Å². The van der Waals surface area contributed by atoms with Crippen LogP contribution in [-0.4, -0.2) is 11.0 Å². The number of hydrogen-bond donors (Lipinski definition) is 1. The van der Waals surface area contributed by atoms with Crippen molar-refractivity contribution in [3.63, 3.8) is 0 Å². The maximum Gasteiger partial charge on any atom is 0.248 e. The average molecular weight is 261 g/mol. The zero-order valence-electron chi connectivity index (χ0n) is 9.37. The molecule has 0 amide bonds. The molecule has 1 unspecified atom stereocenters. The summed E-state index contributed by atoms with van der Waals surface area (Å²) >= 11 is 5.84. The Balaban J connectivity index is 2.04. The first-order valence-corrected chi connectivity index (χ1v) is 6.17. The fourth-order valence-corrected chi connectivity index (χ4v) is 2.54. The molecule has 0 aromatic heterocycles. The highest BCUT2D eigenvalue weighted by atomic mass is 35.5. The van der Waals surface area contributed by atoms with Crippen LogP contribution in [0.1, 0.15) is 37.4 Å². The third kappa shape index (κ3) is 3.17. The van der Waals surface area contributed by atoms with Gasteiger partial charge in [0.05, 0.1) is 6.10 Å². The molecule has 1 atom stereocenters. The second kappa shape index (κ2) is 4.91. The summed E-state index contributed by atoms with van der Waals surface area (Å²) in [6.45, 7) is 0. The Morgan fingerprint density at radius 3 is 2.53 bits per heavy atom. The Morgan fingerprint density at radius 1 is 1.29 bits per heavy atom. The van der Waals surface area contributed by atoms with Gasteiger partial charge in [0, 0.05) is 17.9 Å². The van der Waals surface area contributed by atoms with Crippen LogP contribution in [0.3, 0.4) is 0 Å². The molecule has 94 valence electrons. The summed E-state index contributed by atoms with van der Waals surface area (Å²) in [7, 11) is 0. The van der Waals surface area contributed by atoms with E-state index >= 15 is 0 Å². The number of alkyl halides is 2. The molecule has 0 aliphatic heterocycles. The Hall–Kier alpha value is -0.670. The second-order valence-corrected chi connectivity index (χ2v) is 5.13. The fraction of sp³-hybridized carbons (Fsp3) is 0.538. The fourth-order valence-electron chi connectivity index (χ4n) is 2.34. The van der Waals surface area contributed by atoms with Crippen molar-refractivity contribution in [1.29, 1.82) is 0 Å². The molecule has 1 fully saturated rings. The van der Waals surface area contributed by atoms with Gasteiger partial charge in [-0.05, 0) is 36.5 Å². The third-order valence-electron chi connectivity index (χ3n) is 3.40. The van der Waals surface area contributed by atoms with Gasteiger partial charge < -0.3 is 5.11 Å². The molecule has 1 saturated carbocycles. The highest BCUT2D eigenvalue weighted by Crippen LogP contribution is 2.41. The minimum absolute atomic E-state index is 0.0897. The lowest BCUT2D eigenvalue weighted by atomic mass is 9.81. The first-order valence-electron chi connectivity index (χ1n) is 5.79. The first kappa shape index (κ1) is 12.8. The number of aliphatic hydroxyl groups excluding tert-OH is 1. The maximum absolute atomic E-state index is 13.0. The van der Waals surface area contributed by atoms with E-state index in [2.05, 4.69) is 0 Å². The molecular weight excluding hydrogens is 246 g/mol. The number of benzene rings is 1. The van der Waals surface area contributed by atoms with Crippen molar-refractivity contribution in [1.82, 2.24) is 0 Å². The van der Waals surface area contributed by atoms with Gasteiger partial charge in [-0.25, -0.2) is 8.78 Å². The molecule has 1 aliphatic carbocycles. The molecule has 17 heavy (non-hydrogen) atoms. The van der Waals surface area contributed by atoms with Gasteiger partial charge in [-0.15, -0.1) is 0 Å². The molecule has 0 radical (unpaired) electrons. The molecule has 0 saturated heterocycles. The molecule has 1 aromatic carbocycles. The van der Waals surface area contributed by atoms with Crippen LogP contribution in [0, 0.1) is 5.92 Å². The van der Waals surface area contributed by atoms with E-state index < -0.39 is 12.0 Å². The minimum Gasteiger partial charge on any atom is -0.388 e. The molecule has 2 rings (SSSR count). The summed E-state index contributed by atoms with van der Waals surface area (Å²) in [6.07, 6.45) is -0.226. The molecular formula is C13H15ClF2O. The molecule has 0 heterocycles. The van der Waals surface area contributed by atoms with Crippen LogP contribution in [0.5, 0.6) is 0 Å². The predicted molar refractivity (Wildman–Crippen MR) is 63.3 cm³/mol. The van der Waals surface area contributed by atoms with Crippen molar-refractivity contribution >= 4 is 11.6 Å². The monoisotopic (exact) mass is 260 g/mol. The topological polar surface area (TPSA) is 20.2 Å². The van der Waals surface area contributed by atoms with Crippen molar-refractivity contribution in [2.75, 3.05) is 0 Å². The van der Waals surface area contributed by atoms with Gasteiger partial charge >= 0.3 is 0 Å². The molecule has 1 N–H and O–H groups in total. The average Bonchev–Trinajstić information content (AvgIpc) is 2.28. The van der Waals surface area contributed by atoms with Gasteiger partial charge in [-0.3, -0.25) is 0 Å². The highest BCUT2D eigenvalue weighted by Gasteiger charge is 2.37. The normalized spacial score (nSPS) is 22.4. The van der Waals surface area contributed by atoms with Gasteiger partial charge in [0.1, 0.15) is 0 Å². The van der Waals surface area contributed by atoms with Crippen LogP contribution in [0.25, 0.3) is 0 Å². The zero-order valence-corrected chi connectivity index (χ0v) is 10.1. The van der Waals surface area contributed by atoms with E-state index in [1.807, 2.05) is 0 Å². The van der Waals surface area contributed by atoms with Crippen molar-refractivity contribution in [2.45, 2.75) is 37.7 Å². The Bertz CT molecular complexity index is 385. The van der Waals surface area contributed by atoms with Crippen LogP contribution >= 0.6 is 11.6 Å². The SMILES string of the molecule is OC(c1cccc(Cl)c1)C1CCC(F)(F)CC1. The van der Waals surface area contributed by atoms with E-state index in [9.17, 15) is 13.9 Å². The van der Waals surface area contributed by atoms with Gasteiger partial charge in [0.15, 0.2) is 0 Å². The van der Waals surface area contributed by atoms with Crippen LogP contribution in [0.15, 0.2) is 24.3 Å². The molecule has 0 bridgehead atoms. The van der Waals surface area contributed by atoms with Crippen molar-refractivity contribution < 1.29 is 13.9 Å². The molecule has 1 aliphatic rings. The third-order valence-corrected chi connectivity index (χ3v) is 3.63. The number of aliphatic hydroxyl groups is 1. The maximum atomic E-state index is 13.0. The Labute approximate surface area is 104 Å². The summed E-state index contributed by atoms with van der Waals surface area (Å²) in [4.78, 5) is 0. The molecule has 1 nitrogen and oxygen atoms in total. The van der Waals surface area contributed by atoms with E-state index in [0.717, 1.165) is 0 Å². The smallest absolute Gasteiger partial charge is 0.248 e. The Morgan fingerprint density at radius 2 is 1.94 bits per heavy atom. The van der Waals surface area contributed by atoms with Crippen LogP contribution in [0.4, 0.5) is 8.78 Å². The lowest BCUT2D eigenvalue weighted by molar-refractivity contribution is -0.0627. The van der Waals surface area contributed by atoms with Crippen molar-refractivity contribution in [3.05, 3.63) is 34.9 Å². The second-order valence-electron chi connectivity index (χ2n) is 4.69. The number of hydrogen-bond acceptors (Lipinski definition) is 1. The molecule has 0 spiro atoms. The summed E-state index contributed by atoms with van der Waals surface area (Å²) < 4.78 is 26.0. The Kier molecular flexibility index (Phi) is 3.69. The summed E-state index contributed by atoms with van der Waals surface area (Å²) in [5, 5.41) is 10.7. The summed E-state index contributed by atoms with van der Waals surface area (Å²) in [5.41, 5.74) is 0.715. The minimum atomic E-state index is -2.55. The lowest BCUT2D eigenvalue weighted by Gasteiger charge is -2.31. The quantitative estimate of drug-likeness (QED) is 0.845. The van der Waals surface area contributed by atoms with E-state index in [1.165, 1.54) is 0 Å². The highest BCUT2D eigenvalue weighted by molar-refractivity contribution is 6.30. The summed E-state index contributed by atoms with van der Waals surface area (Å²) in [6, 6.07) is 6.97. The van der Waals surface area contributed by atoms with Crippen LogP contribution in [-0.2, 0) is 0 Å². The zero-order chi connectivity index (χ0) is 12.5. The van der Waals surface area contributed by atoms with Gasteiger partial charge in [-0.2, -0.15) is 0 Å². The first-order chi connectivity index (χ1) is 7.98. The van der Waals surface area contributed by atoms with Gasteiger partial charge in [0.2, 0.25) is 5.92 Å². The van der Waals surface area contributed by atoms with Crippen molar-refractivity contribution in [3.8, 4) is 0 Å². The molecule has 1 aromatic rings. The van der Waals surface area contributed by atoms with E-state index in [4.69, 9.17) is 11.6 Å². The van der Waals surface area contributed by atoms with Gasteiger partial charge in [0.25, 0.3) is 0 Å². The van der Waals surface area contributed by atoms with Crippen LogP contribution < -0.4 is 0 Å². The van der Waals surface area contributed by atoms with Crippen molar-refractivity contribution in [2.24, 2.45) is 5.92 Å². The van der Waals surface area contributed by atoms with Crippen LogP contribution in [0.2, 0.25) is 5.02 Å². The number of rotatable bonds is 2.